The molecule has 1 aromatic heterocycles. The van der Waals surface area contributed by atoms with Gasteiger partial charge in [0, 0.05) is 16.8 Å². The highest BCUT2D eigenvalue weighted by Crippen LogP contribution is 2.32. The molecule has 2 N–H and O–H groups in total. The Balaban J connectivity index is 1.72. The summed E-state index contributed by atoms with van der Waals surface area (Å²) in [6, 6.07) is -0.377. The molecule has 1 fully saturated rings. The van der Waals surface area contributed by atoms with E-state index >= 15 is 0 Å². The lowest BCUT2D eigenvalue weighted by Crippen LogP contribution is -2.45. The topological polar surface area (TPSA) is 58.2 Å². The van der Waals surface area contributed by atoms with E-state index < -0.39 is 0 Å². The molecule has 4 nitrogen and oxygen atoms in total. The molecule has 2 unspecified atom stereocenters. The minimum atomic E-state index is -0.377. The summed E-state index contributed by atoms with van der Waals surface area (Å²) in [6.07, 6.45) is 5.92. The Hall–Kier alpha value is -1.36. The maximum atomic E-state index is 12.5. The van der Waals surface area contributed by atoms with Gasteiger partial charge in [-0.2, -0.15) is 0 Å². The van der Waals surface area contributed by atoms with Gasteiger partial charge in [-0.25, -0.2) is 0 Å². The van der Waals surface area contributed by atoms with Crippen molar-refractivity contribution < 1.29 is 9.59 Å². The molecular weight excluding hydrogens is 284 g/mol. The predicted molar refractivity (Wildman–Crippen MR) is 83.6 cm³/mol. The van der Waals surface area contributed by atoms with Crippen LogP contribution in [0.5, 0.6) is 0 Å². The Labute approximate surface area is 129 Å². The summed E-state index contributed by atoms with van der Waals surface area (Å²) < 4.78 is 0. The van der Waals surface area contributed by atoms with E-state index in [1.165, 1.54) is 10.4 Å². The third-order valence-electron chi connectivity index (χ3n) is 4.49. The van der Waals surface area contributed by atoms with Gasteiger partial charge in [-0.15, -0.1) is 11.3 Å². The third kappa shape index (κ3) is 3.12. The van der Waals surface area contributed by atoms with Gasteiger partial charge < -0.3 is 10.6 Å². The van der Waals surface area contributed by atoms with Crippen LogP contribution in [0.3, 0.4) is 0 Å². The molecule has 2 amide bonds. The summed E-state index contributed by atoms with van der Waals surface area (Å²) in [5.41, 5.74) is 2.00. The molecule has 21 heavy (non-hydrogen) atoms. The van der Waals surface area contributed by atoms with Crippen molar-refractivity contribution in [2.75, 3.05) is 6.54 Å². The quantitative estimate of drug-likeness (QED) is 0.880. The summed E-state index contributed by atoms with van der Waals surface area (Å²) in [7, 11) is 0. The van der Waals surface area contributed by atoms with Crippen LogP contribution in [-0.4, -0.2) is 24.4 Å². The van der Waals surface area contributed by atoms with E-state index in [0.29, 0.717) is 5.92 Å². The fourth-order valence-corrected chi connectivity index (χ4v) is 4.43. The molecule has 1 aliphatic carbocycles. The Morgan fingerprint density at radius 1 is 1.38 bits per heavy atom. The van der Waals surface area contributed by atoms with Crippen LogP contribution in [0.25, 0.3) is 0 Å². The molecule has 0 saturated carbocycles. The summed E-state index contributed by atoms with van der Waals surface area (Å²) in [6.45, 7) is 2.98. The maximum Gasteiger partial charge on any atom is 0.253 e. The van der Waals surface area contributed by atoms with Crippen LogP contribution in [0, 0.1) is 5.92 Å². The van der Waals surface area contributed by atoms with Gasteiger partial charge in [0.1, 0.15) is 6.04 Å². The lowest BCUT2D eigenvalue weighted by Gasteiger charge is -2.20. The first-order valence-corrected chi connectivity index (χ1v) is 8.71. The van der Waals surface area contributed by atoms with E-state index in [4.69, 9.17) is 0 Å². The van der Waals surface area contributed by atoms with Gasteiger partial charge in [-0.3, -0.25) is 9.59 Å². The van der Waals surface area contributed by atoms with Gasteiger partial charge in [0.15, 0.2) is 0 Å². The molecule has 5 heteroatoms. The van der Waals surface area contributed by atoms with E-state index in [2.05, 4.69) is 17.6 Å². The summed E-state index contributed by atoms with van der Waals surface area (Å²) in [4.78, 5) is 25.8. The van der Waals surface area contributed by atoms with Crippen molar-refractivity contribution in [3.05, 3.63) is 21.4 Å². The van der Waals surface area contributed by atoms with Gasteiger partial charge in [0.2, 0.25) is 5.91 Å². The van der Waals surface area contributed by atoms with Crippen LogP contribution in [0.4, 0.5) is 0 Å². The van der Waals surface area contributed by atoms with Crippen LogP contribution >= 0.6 is 11.3 Å². The lowest BCUT2D eigenvalue weighted by molar-refractivity contribution is -0.122. The van der Waals surface area contributed by atoms with Gasteiger partial charge in [0.25, 0.3) is 5.91 Å². The molecule has 0 radical (unpaired) electrons. The molecule has 2 heterocycles. The third-order valence-corrected chi connectivity index (χ3v) is 5.54. The van der Waals surface area contributed by atoms with Crippen molar-refractivity contribution in [1.82, 2.24) is 10.6 Å². The van der Waals surface area contributed by atoms with E-state index in [1.807, 2.05) is 5.38 Å². The summed E-state index contributed by atoms with van der Waals surface area (Å²) in [5.74, 6) is 0.586. The Kier molecular flexibility index (Phi) is 4.29. The highest BCUT2D eigenvalue weighted by atomic mass is 32.1. The number of nitrogens with one attached hydrogen (secondary N) is 2. The first kappa shape index (κ1) is 14.6. The molecule has 0 aromatic carbocycles. The standard InChI is InChI=1S/C16H22N2O2S/c1-10-5-6-11-12(9-21-14(11)8-10)15(19)18-13-4-2-3-7-17-16(13)20/h9-10,13H,2-8H2,1H3,(H,17,20)(H,18,19). The zero-order valence-electron chi connectivity index (χ0n) is 12.4. The average Bonchev–Trinajstić information content (AvgIpc) is 2.77. The molecule has 2 atom stereocenters. The largest absolute Gasteiger partial charge is 0.354 e. The molecular formula is C16H22N2O2S. The van der Waals surface area contributed by atoms with Crippen molar-refractivity contribution >= 4 is 23.2 Å². The second-order valence-corrected chi connectivity index (χ2v) is 7.18. The van der Waals surface area contributed by atoms with Crippen molar-refractivity contribution in [2.24, 2.45) is 5.92 Å². The van der Waals surface area contributed by atoms with Crippen LogP contribution in [0.1, 0.15) is 53.4 Å². The first-order valence-electron chi connectivity index (χ1n) is 7.83. The molecule has 1 aromatic rings. The second kappa shape index (κ2) is 6.18. The fraction of sp³-hybridized carbons (Fsp3) is 0.625. The smallest absolute Gasteiger partial charge is 0.253 e. The Morgan fingerprint density at radius 3 is 3.10 bits per heavy atom. The predicted octanol–water partition coefficient (Wildman–Crippen LogP) is 2.27. The number of hydrogen-bond donors (Lipinski definition) is 2. The summed E-state index contributed by atoms with van der Waals surface area (Å²) in [5, 5.41) is 7.76. The van der Waals surface area contributed by atoms with Crippen LogP contribution in [0.15, 0.2) is 5.38 Å². The Bertz CT molecular complexity index is 552. The number of hydrogen-bond acceptors (Lipinski definition) is 3. The van der Waals surface area contributed by atoms with Gasteiger partial charge in [-0.1, -0.05) is 6.92 Å². The molecule has 3 rings (SSSR count). The van der Waals surface area contributed by atoms with Crippen molar-refractivity contribution in [3.63, 3.8) is 0 Å². The number of fused-ring (bicyclic) bond motifs is 1. The number of carbonyl (C=O) groups is 2. The Morgan fingerprint density at radius 2 is 2.24 bits per heavy atom. The molecule has 1 saturated heterocycles. The minimum absolute atomic E-state index is 0.0430. The van der Waals surface area contributed by atoms with Gasteiger partial charge in [0.05, 0.1) is 5.56 Å². The number of amides is 2. The van der Waals surface area contributed by atoms with E-state index in [-0.39, 0.29) is 17.9 Å². The van der Waals surface area contributed by atoms with Crippen LogP contribution in [0.2, 0.25) is 0 Å². The van der Waals surface area contributed by atoms with Gasteiger partial charge in [-0.05, 0) is 50.0 Å². The maximum absolute atomic E-state index is 12.5. The molecule has 0 bridgehead atoms. The highest BCUT2D eigenvalue weighted by Gasteiger charge is 2.27. The van der Waals surface area contributed by atoms with Crippen LogP contribution < -0.4 is 10.6 Å². The van der Waals surface area contributed by atoms with E-state index in [9.17, 15) is 9.59 Å². The zero-order chi connectivity index (χ0) is 14.8. The average molecular weight is 306 g/mol. The monoisotopic (exact) mass is 306 g/mol. The number of thiophene rings is 1. The first-order chi connectivity index (χ1) is 10.1. The molecule has 1 aliphatic heterocycles. The minimum Gasteiger partial charge on any atom is -0.354 e. The normalized spacial score (nSPS) is 25.7. The number of carbonyl (C=O) groups excluding carboxylic acids is 2. The second-order valence-electron chi connectivity index (χ2n) is 6.21. The SMILES string of the molecule is CC1CCc2c(C(=O)NC3CCCCNC3=O)csc2C1. The molecule has 114 valence electrons. The zero-order valence-corrected chi connectivity index (χ0v) is 13.2. The molecule has 2 aliphatic rings. The highest BCUT2D eigenvalue weighted by molar-refractivity contribution is 7.10. The van der Waals surface area contributed by atoms with Crippen molar-refractivity contribution in [1.29, 1.82) is 0 Å². The number of rotatable bonds is 2. The van der Waals surface area contributed by atoms with Gasteiger partial charge >= 0.3 is 0 Å². The van der Waals surface area contributed by atoms with E-state index in [1.54, 1.807) is 11.3 Å². The summed E-state index contributed by atoms with van der Waals surface area (Å²) >= 11 is 1.69. The molecule has 0 spiro atoms. The lowest BCUT2D eigenvalue weighted by atomic mass is 9.88. The van der Waals surface area contributed by atoms with Crippen LogP contribution in [-0.2, 0) is 17.6 Å². The fourth-order valence-electron chi connectivity index (χ4n) is 3.18. The van der Waals surface area contributed by atoms with Crippen molar-refractivity contribution in [3.8, 4) is 0 Å². The van der Waals surface area contributed by atoms with Crippen molar-refractivity contribution in [2.45, 2.75) is 51.5 Å². The van der Waals surface area contributed by atoms with E-state index in [0.717, 1.165) is 50.6 Å².